The Kier molecular flexibility index (Phi) is 3.42. The van der Waals surface area contributed by atoms with Gasteiger partial charge in [0.15, 0.2) is 0 Å². The Morgan fingerprint density at radius 2 is 2.25 bits per heavy atom. The molecule has 0 N–H and O–H groups in total. The monoisotopic (exact) mass is 307 g/mol. The highest BCUT2D eigenvalue weighted by atomic mass is 35.5. The molecule has 5 nitrogen and oxygen atoms in total. The van der Waals surface area contributed by atoms with Crippen molar-refractivity contribution >= 4 is 27.9 Å². The summed E-state index contributed by atoms with van der Waals surface area (Å²) in [6.45, 7) is 0. The Balaban J connectivity index is 2.17. The number of fused-ring (bicyclic) bond motifs is 1. The fourth-order valence-corrected chi connectivity index (χ4v) is 2.85. The second-order valence-corrected chi connectivity index (χ2v) is 5.28. The van der Waals surface area contributed by atoms with Crippen LogP contribution in [0.25, 0.3) is 15.5 Å². The molecule has 0 aliphatic carbocycles. The van der Waals surface area contributed by atoms with Crippen molar-refractivity contribution < 1.29 is 4.74 Å². The first-order chi connectivity index (χ1) is 9.71. The van der Waals surface area contributed by atoms with Gasteiger partial charge in [0.25, 0.3) is 5.56 Å². The van der Waals surface area contributed by atoms with Crippen LogP contribution in [0, 0.1) is 0 Å². The van der Waals surface area contributed by atoms with E-state index in [0.29, 0.717) is 15.7 Å². The van der Waals surface area contributed by atoms with Gasteiger partial charge < -0.3 is 4.74 Å². The van der Waals surface area contributed by atoms with Gasteiger partial charge >= 0.3 is 0 Å². The quantitative estimate of drug-likeness (QED) is 0.698. The highest BCUT2D eigenvalue weighted by Gasteiger charge is 2.10. The van der Waals surface area contributed by atoms with Gasteiger partial charge in [0.2, 0.25) is 4.96 Å². The number of alkyl halides is 1. The summed E-state index contributed by atoms with van der Waals surface area (Å²) < 4.78 is 6.47. The minimum absolute atomic E-state index is 0.206. The van der Waals surface area contributed by atoms with Crippen LogP contribution in [0.3, 0.4) is 0 Å². The second kappa shape index (κ2) is 5.22. The minimum atomic E-state index is -0.226. The standard InChI is InChI=1S/C13H10ClN3O2S/c1-19-10-4-2-3-8(5-10)12-16-17-11(18)6-9(7-14)15-13(17)20-12/h2-6H,7H2,1H3. The van der Waals surface area contributed by atoms with E-state index in [2.05, 4.69) is 10.1 Å². The van der Waals surface area contributed by atoms with Crippen molar-refractivity contribution in [2.45, 2.75) is 5.88 Å². The summed E-state index contributed by atoms with van der Waals surface area (Å²) in [5.41, 5.74) is 1.21. The van der Waals surface area contributed by atoms with Gasteiger partial charge in [0.1, 0.15) is 10.8 Å². The minimum Gasteiger partial charge on any atom is -0.497 e. The summed E-state index contributed by atoms with van der Waals surface area (Å²) in [5, 5.41) is 5.00. The summed E-state index contributed by atoms with van der Waals surface area (Å²) in [6, 6.07) is 8.90. The lowest BCUT2D eigenvalue weighted by atomic mass is 10.2. The number of nitrogens with zero attached hydrogens (tertiary/aromatic N) is 3. The Hall–Kier alpha value is -1.92. The zero-order chi connectivity index (χ0) is 14.1. The highest BCUT2D eigenvalue weighted by molar-refractivity contribution is 7.19. The molecule has 0 radical (unpaired) electrons. The van der Waals surface area contributed by atoms with E-state index >= 15 is 0 Å². The smallest absolute Gasteiger partial charge is 0.275 e. The van der Waals surface area contributed by atoms with Crippen LogP contribution < -0.4 is 10.3 Å². The van der Waals surface area contributed by atoms with Crippen molar-refractivity contribution in [3.8, 4) is 16.3 Å². The van der Waals surface area contributed by atoms with Crippen LogP contribution in [0.4, 0.5) is 0 Å². The van der Waals surface area contributed by atoms with E-state index in [-0.39, 0.29) is 11.4 Å². The largest absolute Gasteiger partial charge is 0.497 e. The van der Waals surface area contributed by atoms with E-state index in [1.165, 1.54) is 21.9 Å². The maximum absolute atomic E-state index is 11.9. The predicted molar refractivity (Wildman–Crippen MR) is 78.7 cm³/mol. The van der Waals surface area contributed by atoms with Gasteiger partial charge in [-0.3, -0.25) is 4.79 Å². The maximum Gasteiger partial charge on any atom is 0.275 e. The van der Waals surface area contributed by atoms with Gasteiger partial charge in [-0.25, -0.2) is 4.98 Å². The summed E-state index contributed by atoms with van der Waals surface area (Å²) in [5.74, 6) is 0.946. The molecule has 0 atom stereocenters. The molecule has 102 valence electrons. The lowest BCUT2D eigenvalue weighted by Crippen LogP contribution is -2.14. The molecule has 0 saturated heterocycles. The molecule has 0 fully saturated rings. The van der Waals surface area contributed by atoms with E-state index in [1.807, 2.05) is 24.3 Å². The third kappa shape index (κ3) is 2.28. The number of hydrogen-bond donors (Lipinski definition) is 0. The van der Waals surface area contributed by atoms with Crippen LogP contribution in [-0.2, 0) is 5.88 Å². The Morgan fingerprint density at radius 1 is 1.40 bits per heavy atom. The van der Waals surface area contributed by atoms with E-state index in [0.717, 1.165) is 11.3 Å². The van der Waals surface area contributed by atoms with Crippen LogP contribution in [-0.4, -0.2) is 21.7 Å². The topological polar surface area (TPSA) is 56.5 Å². The average Bonchev–Trinajstić information content (AvgIpc) is 2.92. The third-order valence-corrected chi connectivity index (χ3v) is 3.98. The Labute approximate surface area is 123 Å². The molecule has 2 heterocycles. The molecule has 0 bridgehead atoms. The Bertz CT molecular complexity index is 828. The lowest BCUT2D eigenvalue weighted by molar-refractivity contribution is 0.415. The van der Waals surface area contributed by atoms with Crippen molar-refractivity contribution in [3.63, 3.8) is 0 Å². The van der Waals surface area contributed by atoms with E-state index in [9.17, 15) is 4.79 Å². The third-order valence-electron chi connectivity index (χ3n) is 2.75. The van der Waals surface area contributed by atoms with Crippen LogP contribution >= 0.6 is 22.9 Å². The normalized spacial score (nSPS) is 10.9. The number of halogens is 1. The van der Waals surface area contributed by atoms with Crippen molar-refractivity contribution in [1.82, 2.24) is 14.6 Å². The number of aromatic nitrogens is 3. The van der Waals surface area contributed by atoms with Gasteiger partial charge in [-0.15, -0.1) is 11.6 Å². The molecular formula is C13H10ClN3O2S. The van der Waals surface area contributed by atoms with Crippen molar-refractivity contribution in [2.24, 2.45) is 0 Å². The zero-order valence-electron chi connectivity index (χ0n) is 10.5. The number of hydrogen-bond acceptors (Lipinski definition) is 5. The lowest BCUT2D eigenvalue weighted by Gasteiger charge is -2.00. The fraction of sp³-hybridized carbons (Fsp3) is 0.154. The van der Waals surface area contributed by atoms with Gasteiger partial charge in [-0.2, -0.15) is 9.61 Å². The summed E-state index contributed by atoms with van der Waals surface area (Å²) >= 11 is 7.06. The molecule has 7 heteroatoms. The fourth-order valence-electron chi connectivity index (χ4n) is 1.80. The first-order valence-electron chi connectivity index (χ1n) is 5.81. The average molecular weight is 308 g/mol. The summed E-state index contributed by atoms with van der Waals surface area (Å²) in [4.78, 5) is 16.7. The van der Waals surface area contributed by atoms with Crippen molar-refractivity contribution in [2.75, 3.05) is 7.11 Å². The molecular weight excluding hydrogens is 298 g/mol. The molecule has 0 aliphatic heterocycles. The zero-order valence-corrected chi connectivity index (χ0v) is 12.1. The second-order valence-electron chi connectivity index (χ2n) is 4.05. The van der Waals surface area contributed by atoms with Crippen LogP contribution in [0.5, 0.6) is 5.75 Å². The van der Waals surface area contributed by atoms with Crippen LogP contribution in [0.2, 0.25) is 0 Å². The molecule has 3 aromatic rings. The molecule has 0 amide bonds. The predicted octanol–water partition coefficient (Wildman–Crippen LogP) is 2.57. The summed E-state index contributed by atoms with van der Waals surface area (Å²) in [6.07, 6.45) is 0. The first kappa shape index (κ1) is 13.1. The number of methoxy groups -OCH3 is 1. The van der Waals surface area contributed by atoms with Gasteiger partial charge in [0.05, 0.1) is 18.7 Å². The van der Waals surface area contributed by atoms with Crippen LogP contribution in [0.1, 0.15) is 5.69 Å². The van der Waals surface area contributed by atoms with Gasteiger partial charge in [-0.1, -0.05) is 23.5 Å². The van der Waals surface area contributed by atoms with Gasteiger partial charge in [-0.05, 0) is 12.1 Å². The van der Waals surface area contributed by atoms with E-state index in [4.69, 9.17) is 16.3 Å². The molecule has 0 unspecified atom stereocenters. The molecule has 0 spiro atoms. The molecule has 3 rings (SSSR count). The maximum atomic E-state index is 11.9. The molecule has 0 saturated carbocycles. The van der Waals surface area contributed by atoms with Crippen LogP contribution in [0.15, 0.2) is 35.1 Å². The highest BCUT2D eigenvalue weighted by Crippen LogP contribution is 2.27. The molecule has 1 aromatic carbocycles. The van der Waals surface area contributed by atoms with Crippen molar-refractivity contribution in [1.29, 1.82) is 0 Å². The molecule has 0 aliphatic rings. The van der Waals surface area contributed by atoms with E-state index in [1.54, 1.807) is 7.11 Å². The number of benzene rings is 1. The summed E-state index contributed by atoms with van der Waals surface area (Å²) in [7, 11) is 1.61. The Morgan fingerprint density at radius 3 is 3.00 bits per heavy atom. The molecule has 2 aromatic heterocycles. The van der Waals surface area contributed by atoms with E-state index < -0.39 is 0 Å². The van der Waals surface area contributed by atoms with Crippen molar-refractivity contribution in [3.05, 3.63) is 46.4 Å². The number of ether oxygens (including phenoxy) is 1. The SMILES string of the molecule is COc1cccc(-c2nn3c(=O)cc(CCl)nc3s2)c1. The number of rotatable bonds is 3. The first-order valence-corrected chi connectivity index (χ1v) is 7.16. The molecule has 20 heavy (non-hydrogen) atoms. The van der Waals surface area contributed by atoms with Gasteiger partial charge in [0, 0.05) is 11.6 Å².